The summed E-state index contributed by atoms with van der Waals surface area (Å²) >= 11 is 0. The summed E-state index contributed by atoms with van der Waals surface area (Å²) in [6, 6.07) is 1.82. The number of ether oxygens (including phenoxy) is 1. The van der Waals surface area contributed by atoms with E-state index >= 15 is 0 Å². The first-order valence-corrected chi connectivity index (χ1v) is 6.69. The molecule has 20 heavy (non-hydrogen) atoms. The van der Waals surface area contributed by atoms with Crippen molar-refractivity contribution in [3.8, 4) is 0 Å². The summed E-state index contributed by atoms with van der Waals surface area (Å²) in [6.45, 7) is 8.78. The minimum absolute atomic E-state index is 0.0388. The van der Waals surface area contributed by atoms with Gasteiger partial charge in [-0.3, -0.25) is 0 Å². The van der Waals surface area contributed by atoms with Gasteiger partial charge in [-0.15, -0.1) is 0 Å². The molecule has 2 unspecified atom stereocenters. The SMILES string of the molecule is CC(Cc1ccno1)NCC(C)(O)C(=O)OC(C)(C)C. The van der Waals surface area contributed by atoms with Gasteiger partial charge in [0.25, 0.3) is 0 Å². The number of carbonyl (C=O) groups excluding carboxylic acids is 1. The number of aromatic nitrogens is 1. The van der Waals surface area contributed by atoms with Gasteiger partial charge >= 0.3 is 5.97 Å². The fraction of sp³-hybridized carbons (Fsp3) is 0.714. The topological polar surface area (TPSA) is 84.6 Å². The van der Waals surface area contributed by atoms with Crippen LogP contribution < -0.4 is 5.32 Å². The summed E-state index contributed by atoms with van der Waals surface area (Å²) in [7, 11) is 0. The second-order valence-electron chi connectivity index (χ2n) is 6.24. The lowest BCUT2D eigenvalue weighted by Crippen LogP contribution is -2.50. The minimum Gasteiger partial charge on any atom is -0.458 e. The van der Waals surface area contributed by atoms with Crippen LogP contribution in [0.4, 0.5) is 0 Å². The maximum Gasteiger partial charge on any atom is 0.339 e. The number of esters is 1. The first-order chi connectivity index (χ1) is 9.10. The molecule has 0 bridgehead atoms. The molecule has 0 radical (unpaired) electrons. The normalized spacial score (nSPS) is 16.5. The van der Waals surface area contributed by atoms with Crippen LogP contribution in [0.1, 0.15) is 40.4 Å². The lowest BCUT2D eigenvalue weighted by atomic mass is 10.1. The Balaban J connectivity index is 2.44. The molecule has 2 N–H and O–H groups in total. The van der Waals surface area contributed by atoms with Gasteiger partial charge in [-0.05, 0) is 34.6 Å². The van der Waals surface area contributed by atoms with Gasteiger partial charge in [-0.1, -0.05) is 5.16 Å². The van der Waals surface area contributed by atoms with Gasteiger partial charge in [-0.2, -0.15) is 0 Å². The van der Waals surface area contributed by atoms with Crippen molar-refractivity contribution >= 4 is 5.97 Å². The van der Waals surface area contributed by atoms with Crippen LogP contribution in [0, 0.1) is 0 Å². The Morgan fingerprint density at radius 3 is 2.65 bits per heavy atom. The zero-order valence-electron chi connectivity index (χ0n) is 12.8. The van der Waals surface area contributed by atoms with Gasteiger partial charge in [0.05, 0.1) is 6.20 Å². The Labute approximate surface area is 119 Å². The first-order valence-electron chi connectivity index (χ1n) is 6.69. The number of hydrogen-bond acceptors (Lipinski definition) is 6. The van der Waals surface area contributed by atoms with Crippen molar-refractivity contribution in [2.24, 2.45) is 0 Å². The van der Waals surface area contributed by atoms with E-state index in [1.54, 1.807) is 33.0 Å². The van der Waals surface area contributed by atoms with Gasteiger partial charge in [0.1, 0.15) is 11.4 Å². The maximum absolute atomic E-state index is 11.9. The van der Waals surface area contributed by atoms with Gasteiger partial charge < -0.3 is 19.7 Å². The number of nitrogens with zero attached hydrogens (tertiary/aromatic N) is 1. The maximum atomic E-state index is 11.9. The third kappa shape index (κ3) is 5.71. The van der Waals surface area contributed by atoms with Crippen LogP contribution in [0.2, 0.25) is 0 Å². The molecule has 0 fully saturated rings. The van der Waals surface area contributed by atoms with E-state index in [1.807, 2.05) is 6.92 Å². The highest BCUT2D eigenvalue weighted by Crippen LogP contribution is 2.14. The number of nitrogens with one attached hydrogen (secondary N) is 1. The zero-order valence-corrected chi connectivity index (χ0v) is 12.8. The predicted octanol–water partition coefficient (Wildman–Crippen LogP) is 1.29. The average molecular weight is 284 g/mol. The molecule has 1 aromatic heterocycles. The van der Waals surface area contributed by atoms with Gasteiger partial charge in [0.15, 0.2) is 5.60 Å². The van der Waals surface area contributed by atoms with Crippen molar-refractivity contribution in [2.75, 3.05) is 6.54 Å². The summed E-state index contributed by atoms with van der Waals surface area (Å²) in [5.41, 5.74) is -2.19. The summed E-state index contributed by atoms with van der Waals surface area (Å²) in [4.78, 5) is 11.9. The van der Waals surface area contributed by atoms with Gasteiger partial charge in [0.2, 0.25) is 0 Å². The van der Waals surface area contributed by atoms with E-state index < -0.39 is 17.2 Å². The van der Waals surface area contributed by atoms with Crippen molar-refractivity contribution in [1.82, 2.24) is 10.5 Å². The van der Waals surface area contributed by atoms with Crippen molar-refractivity contribution in [3.63, 3.8) is 0 Å². The number of rotatable bonds is 6. The molecular formula is C14H24N2O4. The van der Waals surface area contributed by atoms with Crippen LogP contribution in [0.15, 0.2) is 16.8 Å². The Hall–Kier alpha value is -1.40. The fourth-order valence-corrected chi connectivity index (χ4v) is 1.55. The molecule has 6 heteroatoms. The Kier molecular flexibility index (Phi) is 5.30. The van der Waals surface area contributed by atoms with Gasteiger partial charge in [-0.25, -0.2) is 4.79 Å². The number of aliphatic hydroxyl groups is 1. The largest absolute Gasteiger partial charge is 0.458 e. The molecule has 0 aliphatic heterocycles. The highest BCUT2D eigenvalue weighted by Gasteiger charge is 2.35. The molecule has 0 spiro atoms. The van der Waals surface area contributed by atoms with Crippen LogP contribution in [0.3, 0.4) is 0 Å². The molecule has 0 aliphatic rings. The van der Waals surface area contributed by atoms with E-state index in [0.29, 0.717) is 6.42 Å². The number of carbonyl (C=O) groups is 1. The molecule has 114 valence electrons. The van der Waals surface area contributed by atoms with E-state index in [-0.39, 0.29) is 12.6 Å². The second-order valence-corrected chi connectivity index (χ2v) is 6.24. The standard InChI is InChI=1S/C14H24N2O4/c1-10(8-11-6-7-16-20-11)15-9-14(5,18)12(17)19-13(2,3)4/h6-7,10,15,18H,8-9H2,1-5H3. The monoisotopic (exact) mass is 284 g/mol. The quantitative estimate of drug-likeness (QED) is 0.766. The van der Waals surface area contributed by atoms with E-state index in [9.17, 15) is 9.90 Å². The third-order valence-electron chi connectivity index (χ3n) is 2.63. The van der Waals surface area contributed by atoms with E-state index in [4.69, 9.17) is 9.26 Å². The lowest BCUT2D eigenvalue weighted by Gasteiger charge is -2.28. The van der Waals surface area contributed by atoms with Crippen molar-refractivity contribution in [2.45, 2.75) is 58.3 Å². The van der Waals surface area contributed by atoms with Crippen molar-refractivity contribution < 1.29 is 19.2 Å². The fourth-order valence-electron chi connectivity index (χ4n) is 1.55. The molecule has 1 heterocycles. The summed E-state index contributed by atoms with van der Waals surface area (Å²) in [5.74, 6) is 0.117. The smallest absolute Gasteiger partial charge is 0.339 e. The molecule has 0 saturated heterocycles. The Morgan fingerprint density at radius 1 is 1.50 bits per heavy atom. The first kappa shape index (κ1) is 16.7. The molecule has 2 atom stereocenters. The van der Waals surface area contributed by atoms with E-state index in [0.717, 1.165) is 5.76 Å². The van der Waals surface area contributed by atoms with E-state index in [1.165, 1.54) is 6.92 Å². The molecular weight excluding hydrogens is 260 g/mol. The van der Waals surface area contributed by atoms with Crippen molar-refractivity contribution in [1.29, 1.82) is 0 Å². The van der Waals surface area contributed by atoms with Crippen LogP contribution in [0.5, 0.6) is 0 Å². The van der Waals surface area contributed by atoms with Crippen LogP contribution in [-0.4, -0.2) is 40.0 Å². The van der Waals surface area contributed by atoms with E-state index in [2.05, 4.69) is 10.5 Å². The average Bonchev–Trinajstić information content (AvgIpc) is 2.77. The van der Waals surface area contributed by atoms with Crippen LogP contribution in [0.25, 0.3) is 0 Å². The molecule has 0 saturated carbocycles. The minimum atomic E-state index is -1.57. The molecule has 6 nitrogen and oxygen atoms in total. The van der Waals surface area contributed by atoms with Gasteiger partial charge in [0, 0.05) is 25.1 Å². The summed E-state index contributed by atoms with van der Waals surface area (Å²) in [6.07, 6.45) is 2.21. The Morgan fingerprint density at radius 2 is 2.15 bits per heavy atom. The summed E-state index contributed by atoms with van der Waals surface area (Å²) < 4.78 is 10.2. The molecule has 1 aromatic rings. The predicted molar refractivity (Wildman–Crippen MR) is 74.1 cm³/mol. The molecule has 0 amide bonds. The third-order valence-corrected chi connectivity index (χ3v) is 2.63. The van der Waals surface area contributed by atoms with Crippen LogP contribution in [-0.2, 0) is 16.0 Å². The Bertz CT molecular complexity index is 421. The molecule has 0 aliphatic carbocycles. The molecule has 0 aromatic carbocycles. The van der Waals surface area contributed by atoms with Crippen molar-refractivity contribution in [3.05, 3.63) is 18.0 Å². The molecule has 1 rings (SSSR count). The number of hydrogen-bond donors (Lipinski definition) is 2. The van der Waals surface area contributed by atoms with Crippen LogP contribution >= 0.6 is 0 Å². The summed E-state index contributed by atoms with van der Waals surface area (Å²) in [5, 5.41) is 16.9. The highest BCUT2D eigenvalue weighted by atomic mass is 16.6. The second kappa shape index (κ2) is 6.37. The highest BCUT2D eigenvalue weighted by molar-refractivity contribution is 5.79. The zero-order chi connectivity index (χ0) is 15.4. The lowest BCUT2D eigenvalue weighted by molar-refractivity contribution is -0.174.